The molecule has 0 radical (unpaired) electrons. The Hall–Kier alpha value is -2.24. The van der Waals surface area contributed by atoms with E-state index in [-0.39, 0.29) is 19.0 Å². The van der Waals surface area contributed by atoms with Crippen LogP contribution in [0.15, 0.2) is 48.5 Å². The largest absolute Gasteiger partial charge is 1.00 e. The minimum atomic E-state index is -0.644. The normalized spacial score (nSPS) is 12.0. The second-order valence-corrected chi connectivity index (χ2v) is 6.39. The minimum Gasteiger partial charge on any atom is -1.00 e. The lowest BCUT2D eigenvalue weighted by atomic mass is 10.2. The van der Waals surface area contributed by atoms with E-state index in [0.29, 0.717) is 12.5 Å². The number of nitrogens with zero attached hydrogens (tertiary/aromatic N) is 2. The number of para-hydroxylation sites is 2. The van der Waals surface area contributed by atoms with E-state index in [1.807, 2.05) is 54.0 Å². The molecule has 0 amide bonds. The highest BCUT2D eigenvalue weighted by atomic mass is 35.5. The maximum atomic E-state index is 10.4. The maximum Gasteiger partial charge on any atom is 0.356 e. The Balaban J connectivity index is 0.00000243. The predicted molar refractivity (Wildman–Crippen MR) is 99.5 cm³/mol. The summed E-state index contributed by atoms with van der Waals surface area (Å²) in [6, 6.07) is 15.9. The van der Waals surface area contributed by atoms with Gasteiger partial charge >= 0.3 is 5.95 Å². The molecule has 0 saturated carbocycles. The summed E-state index contributed by atoms with van der Waals surface area (Å²) >= 11 is 0. The molecule has 1 aromatic heterocycles. The van der Waals surface area contributed by atoms with Gasteiger partial charge in [0.25, 0.3) is 0 Å². The number of rotatable bonds is 7. The summed E-state index contributed by atoms with van der Waals surface area (Å²) < 4.78 is 9.76. The van der Waals surface area contributed by atoms with Crippen molar-refractivity contribution in [1.82, 2.24) is 4.57 Å². The van der Waals surface area contributed by atoms with Crippen LogP contribution in [0.3, 0.4) is 0 Å². The molecule has 0 saturated heterocycles. The summed E-state index contributed by atoms with van der Waals surface area (Å²) in [5, 5.41) is 10.4. The van der Waals surface area contributed by atoms with Crippen LogP contribution in [-0.2, 0) is 13.1 Å². The maximum absolute atomic E-state index is 10.4. The molecule has 3 rings (SSSR count). The van der Waals surface area contributed by atoms with Crippen LogP contribution in [0, 0.1) is 6.92 Å². The monoisotopic (exact) mass is 375 g/mol. The number of aliphatic hydroxyl groups excluding tert-OH is 1. The van der Waals surface area contributed by atoms with Crippen molar-refractivity contribution in [2.45, 2.75) is 39.5 Å². The quantitative estimate of drug-likeness (QED) is 0.556. The molecule has 5 nitrogen and oxygen atoms in total. The number of hydrogen-bond donors (Lipinski definition) is 2. The molecule has 0 spiro atoms. The van der Waals surface area contributed by atoms with Crippen LogP contribution in [0.1, 0.15) is 18.9 Å². The minimum absolute atomic E-state index is 0. The number of halogens is 1. The number of aryl methyl sites for hydroxylation is 2. The third-order valence-electron chi connectivity index (χ3n) is 4.32. The van der Waals surface area contributed by atoms with Gasteiger partial charge in [-0.1, -0.05) is 36.8 Å². The molecule has 1 unspecified atom stereocenters. The number of nitrogen functional groups attached to an aromatic ring is 1. The number of ether oxygens (including phenoxy) is 1. The summed E-state index contributed by atoms with van der Waals surface area (Å²) in [6.07, 6.45) is 0.358. The topological polar surface area (TPSA) is 64.3 Å². The van der Waals surface area contributed by atoms with Crippen LogP contribution in [0.2, 0.25) is 0 Å². The highest BCUT2D eigenvalue weighted by molar-refractivity contribution is 5.73. The summed E-state index contributed by atoms with van der Waals surface area (Å²) in [5.41, 5.74) is 9.65. The zero-order chi connectivity index (χ0) is 17.8. The standard InChI is InChI=1S/C20H25N3O2.ClH/c1-3-12-22-18-6-4-5-7-19(18)23(20(22)21)13-16(24)14-25-17-10-8-15(2)9-11-17;/h4-11,16,21,24H,3,12-14H2,1-2H3;1H. The molecule has 6 heteroatoms. The van der Waals surface area contributed by atoms with Gasteiger partial charge in [-0.25, -0.2) is 9.13 Å². The van der Waals surface area contributed by atoms with Crippen molar-refractivity contribution in [3.63, 3.8) is 0 Å². The van der Waals surface area contributed by atoms with Crippen LogP contribution in [-0.4, -0.2) is 22.4 Å². The van der Waals surface area contributed by atoms with Gasteiger partial charge in [0.1, 0.15) is 36.0 Å². The molecule has 3 aromatic rings. The summed E-state index contributed by atoms with van der Waals surface area (Å²) in [7, 11) is 0. The zero-order valence-corrected chi connectivity index (χ0v) is 16.0. The SMILES string of the molecule is CCCn1c(N)[n+](CC(O)COc2ccc(C)cc2)c2ccccc21.[Cl-]. The Morgan fingerprint density at radius 1 is 1.15 bits per heavy atom. The van der Waals surface area contributed by atoms with E-state index in [1.54, 1.807) is 0 Å². The number of fused-ring (bicyclic) bond motifs is 1. The first kappa shape index (κ1) is 20.1. The number of nitrogens with two attached hydrogens (primary N) is 1. The predicted octanol–water partition coefficient (Wildman–Crippen LogP) is -0.327. The van der Waals surface area contributed by atoms with E-state index < -0.39 is 6.10 Å². The molecule has 3 N–H and O–H groups in total. The number of imidazole rings is 1. The first-order valence-electron chi connectivity index (χ1n) is 8.74. The van der Waals surface area contributed by atoms with Gasteiger partial charge in [0.2, 0.25) is 0 Å². The van der Waals surface area contributed by atoms with Gasteiger partial charge in [0.15, 0.2) is 0 Å². The molecule has 0 aliphatic rings. The van der Waals surface area contributed by atoms with Gasteiger partial charge < -0.3 is 22.3 Å². The lowest BCUT2D eigenvalue weighted by molar-refractivity contribution is -0.665. The molecule has 0 fully saturated rings. The number of aromatic nitrogens is 2. The smallest absolute Gasteiger partial charge is 0.356 e. The van der Waals surface area contributed by atoms with Crippen LogP contribution < -0.4 is 27.4 Å². The summed E-state index contributed by atoms with van der Waals surface area (Å²) in [5.74, 6) is 1.42. The Bertz CT molecular complexity index is 846. The first-order chi connectivity index (χ1) is 12.1. The molecule has 0 bridgehead atoms. The van der Waals surface area contributed by atoms with E-state index in [1.165, 1.54) is 5.56 Å². The van der Waals surface area contributed by atoms with Gasteiger partial charge in [-0.3, -0.25) is 5.73 Å². The van der Waals surface area contributed by atoms with Crippen molar-refractivity contribution in [3.05, 3.63) is 54.1 Å². The summed E-state index contributed by atoms with van der Waals surface area (Å²) in [4.78, 5) is 0. The Kier molecular flexibility index (Phi) is 6.89. The fourth-order valence-corrected chi connectivity index (χ4v) is 3.05. The molecule has 2 aromatic carbocycles. The average Bonchev–Trinajstić information content (AvgIpc) is 2.88. The van der Waals surface area contributed by atoms with E-state index in [2.05, 4.69) is 17.6 Å². The second-order valence-electron chi connectivity index (χ2n) is 6.39. The van der Waals surface area contributed by atoms with Gasteiger partial charge in [0.05, 0.1) is 6.54 Å². The van der Waals surface area contributed by atoms with Crippen molar-refractivity contribution >= 4 is 17.0 Å². The van der Waals surface area contributed by atoms with Gasteiger partial charge in [-0.2, -0.15) is 0 Å². The van der Waals surface area contributed by atoms with Crippen molar-refractivity contribution in [3.8, 4) is 5.75 Å². The number of aliphatic hydroxyl groups is 1. The molecular weight excluding hydrogens is 350 g/mol. The zero-order valence-electron chi connectivity index (χ0n) is 15.2. The van der Waals surface area contributed by atoms with Crippen LogP contribution in [0.4, 0.5) is 5.95 Å². The van der Waals surface area contributed by atoms with Gasteiger partial charge in [0, 0.05) is 0 Å². The second kappa shape index (κ2) is 8.92. The average molecular weight is 376 g/mol. The lowest BCUT2D eigenvalue weighted by Crippen LogP contribution is -3.00. The molecule has 1 heterocycles. The molecule has 0 aliphatic heterocycles. The Morgan fingerprint density at radius 3 is 2.54 bits per heavy atom. The number of benzene rings is 2. The molecule has 26 heavy (non-hydrogen) atoms. The summed E-state index contributed by atoms with van der Waals surface area (Å²) in [6.45, 7) is 5.64. The third kappa shape index (κ3) is 4.29. The highest BCUT2D eigenvalue weighted by Crippen LogP contribution is 2.17. The highest BCUT2D eigenvalue weighted by Gasteiger charge is 2.22. The fourth-order valence-electron chi connectivity index (χ4n) is 3.05. The number of hydrogen-bond acceptors (Lipinski definition) is 3. The lowest BCUT2D eigenvalue weighted by Gasteiger charge is -2.12. The number of anilines is 1. The molecule has 0 aliphatic carbocycles. The van der Waals surface area contributed by atoms with Crippen molar-refractivity contribution < 1.29 is 26.8 Å². The van der Waals surface area contributed by atoms with E-state index >= 15 is 0 Å². The van der Waals surface area contributed by atoms with Crippen LogP contribution >= 0.6 is 0 Å². The third-order valence-corrected chi connectivity index (χ3v) is 4.32. The first-order valence-corrected chi connectivity index (χ1v) is 8.74. The molecular formula is C20H26ClN3O2. The van der Waals surface area contributed by atoms with E-state index in [4.69, 9.17) is 10.5 Å². The van der Waals surface area contributed by atoms with Crippen molar-refractivity contribution in [1.29, 1.82) is 0 Å². The fraction of sp³-hybridized carbons (Fsp3) is 0.350. The van der Waals surface area contributed by atoms with E-state index in [9.17, 15) is 5.11 Å². The van der Waals surface area contributed by atoms with Gasteiger partial charge in [-0.05, 0) is 37.6 Å². The Labute approximate surface area is 160 Å². The molecule has 140 valence electrons. The molecule has 1 atom stereocenters. The van der Waals surface area contributed by atoms with Crippen LogP contribution in [0.25, 0.3) is 11.0 Å². The van der Waals surface area contributed by atoms with Crippen LogP contribution in [0.5, 0.6) is 5.75 Å². The van der Waals surface area contributed by atoms with Crippen molar-refractivity contribution in [2.24, 2.45) is 0 Å². The van der Waals surface area contributed by atoms with E-state index in [0.717, 1.165) is 29.7 Å². The van der Waals surface area contributed by atoms with Crippen molar-refractivity contribution in [2.75, 3.05) is 12.3 Å². The van der Waals surface area contributed by atoms with Gasteiger partial charge in [-0.15, -0.1) is 0 Å². The Morgan fingerprint density at radius 2 is 1.85 bits per heavy atom.